The number of ketones is 1. The van der Waals surface area contributed by atoms with Crippen molar-refractivity contribution in [2.45, 2.75) is 336 Å². The molecule has 0 aromatic carbocycles. The first-order valence-electron chi connectivity index (χ1n) is 34.8. The lowest BCUT2D eigenvalue weighted by Gasteiger charge is -2.67. The fourth-order valence-electron chi connectivity index (χ4n) is 17.8. The van der Waals surface area contributed by atoms with Gasteiger partial charge in [0, 0.05) is 79.6 Å². The molecule has 6 saturated heterocycles. The lowest BCUT2D eigenvalue weighted by molar-refractivity contribution is -0.360. The molecule has 6 heterocycles. The van der Waals surface area contributed by atoms with Gasteiger partial charge < -0.3 is 121 Å². The Hall–Kier alpha value is -2.34. The second-order valence-electron chi connectivity index (χ2n) is 29.6. The van der Waals surface area contributed by atoms with E-state index in [1.54, 1.807) is 42.3 Å². The SMILES string of the molecule is CO[C@H]1C[C@@H](O[C@H]2[C@@H](OC)C[C@H](O[C@@H]3[C@@H](C)O[C@@H](O[C@H]4[C@@H](OC)C[C@H](O[C@H]5[C@@H](OC)C[C@H](O[C@H]6CC[C@@]7(C)C(=CC[C@]8(O)[C@@H]7C[C@@H](OC(=O)/C=C(\C)C(C)C)[C@@]7(C)[C@]8(O)CC[C@@]7(O)C(C)=O)C6)O[C@@H]5C)O[C@@H]4C)C[C@H]3OC)O[C@@H]2C)O[C@@H](C)[C@@H]1O[C@@H]1O[C@H](CO)[C@@H](O)[C@H](O)[C@H]1O. The summed E-state index contributed by atoms with van der Waals surface area (Å²) < 4.78 is 114. The fourth-order valence-corrected chi connectivity index (χ4v) is 17.8. The molecule has 0 aromatic rings. The van der Waals surface area contributed by atoms with Crippen LogP contribution in [-0.4, -0.2) is 272 Å². The van der Waals surface area contributed by atoms with Crippen molar-refractivity contribution in [1.29, 1.82) is 0 Å². The molecular weight excluding hydrogens is 1260 g/mol. The van der Waals surface area contributed by atoms with Crippen molar-refractivity contribution in [2.24, 2.45) is 22.7 Å². The fraction of sp³-hybridized carbons (Fsp3) is 0.913. The topological polar surface area (TPSA) is 342 Å². The molecule has 550 valence electrons. The Morgan fingerprint density at radius 1 is 0.573 bits per heavy atom. The van der Waals surface area contributed by atoms with E-state index in [1.807, 2.05) is 54.5 Å². The van der Waals surface area contributed by atoms with Gasteiger partial charge in [-0.1, -0.05) is 38.0 Å². The summed E-state index contributed by atoms with van der Waals surface area (Å²) in [6, 6.07) is 0. The van der Waals surface area contributed by atoms with Gasteiger partial charge in [-0.2, -0.15) is 0 Å². The van der Waals surface area contributed by atoms with Crippen LogP contribution in [0, 0.1) is 22.7 Å². The lowest BCUT2D eigenvalue weighted by atomic mass is 9.42. The summed E-state index contributed by atoms with van der Waals surface area (Å²) in [7, 11) is 7.98. The van der Waals surface area contributed by atoms with E-state index in [4.69, 9.17) is 85.3 Å². The summed E-state index contributed by atoms with van der Waals surface area (Å²) >= 11 is 0. The van der Waals surface area contributed by atoms with E-state index in [1.165, 1.54) is 20.1 Å². The first-order chi connectivity index (χ1) is 45.3. The number of methoxy groups -OCH3 is 5. The Labute approximate surface area is 564 Å². The number of rotatable bonds is 22. The Morgan fingerprint density at radius 2 is 0.990 bits per heavy atom. The van der Waals surface area contributed by atoms with Crippen LogP contribution in [0.1, 0.15) is 153 Å². The molecule has 0 unspecified atom stereocenters. The number of Topliss-reactive ketones (excluding diaryl/α,β-unsaturated/α-hetero) is 1. The zero-order valence-corrected chi connectivity index (χ0v) is 58.9. The number of fused-ring (bicyclic) bond motifs is 5. The van der Waals surface area contributed by atoms with Crippen molar-refractivity contribution in [3.05, 3.63) is 23.3 Å². The quantitative estimate of drug-likeness (QED) is 0.0463. The number of aliphatic hydroxyl groups is 7. The number of hydrogen-bond acceptors (Lipinski definition) is 27. The maximum absolute atomic E-state index is 13.6. The maximum Gasteiger partial charge on any atom is 0.330 e. The molecule has 7 N–H and O–H groups in total. The normalized spacial score (nSPS) is 50.1. The number of carbonyl (C=O) groups excluding carboxylic acids is 2. The number of esters is 1. The average molecular weight is 1370 g/mol. The lowest BCUT2D eigenvalue weighted by Crippen LogP contribution is -2.78. The van der Waals surface area contributed by atoms with Crippen LogP contribution in [0.4, 0.5) is 0 Å². The summed E-state index contributed by atoms with van der Waals surface area (Å²) in [6.07, 6.45) is -13.6. The van der Waals surface area contributed by atoms with Crippen molar-refractivity contribution >= 4 is 11.8 Å². The highest BCUT2D eigenvalue weighted by Crippen LogP contribution is 2.71. The minimum absolute atomic E-state index is 0.0505. The first-order valence-corrected chi connectivity index (χ1v) is 34.8. The molecule has 0 spiro atoms. The van der Waals surface area contributed by atoms with Gasteiger partial charge in [-0.05, 0) is 112 Å². The van der Waals surface area contributed by atoms with E-state index in [-0.39, 0.29) is 44.1 Å². The second kappa shape index (κ2) is 30.5. The number of ether oxygens (including phenoxy) is 18. The minimum Gasteiger partial charge on any atom is -0.458 e. The molecule has 0 aromatic heterocycles. The Morgan fingerprint density at radius 3 is 1.39 bits per heavy atom. The highest BCUT2D eigenvalue weighted by molar-refractivity contribution is 5.87. The molecule has 10 rings (SSSR count). The predicted molar refractivity (Wildman–Crippen MR) is 336 cm³/mol. The van der Waals surface area contributed by atoms with Crippen molar-refractivity contribution in [2.75, 3.05) is 42.2 Å². The van der Waals surface area contributed by atoms with Gasteiger partial charge in [-0.15, -0.1) is 0 Å². The zero-order chi connectivity index (χ0) is 69.9. The molecule has 27 heteroatoms. The summed E-state index contributed by atoms with van der Waals surface area (Å²) in [5.74, 6) is -1.68. The van der Waals surface area contributed by atoms with Crippen molar-refractivity contribution < 1.29 is 131 Å². The minimum atomic E-state index is -2.04. The molecule has 0 amide bonds. The average Bonchev–Trinajstić information content (AvgIpc) is 1.38. The first kappa shape index (κ1) is 76.3. The van der Waals surface area contributed by atoms with Gasteiger partial charge in [-0.25, -0.2) is 4.79 Å². The Kier molecular flexibility index (Phi) is 24.3. The van der Waals surface area contributed by atoms with E-state index in [0.29, 0.717) is 44.9 Å². The molecule has 4 aliphatic carbocycles. The number of allylic oxidation sites excluding steroid dienone is 1. The van der Waals surface area contributed by atoms with E-state index >= 15 is 0 Å². The molecule has 3 saturated carbocycles. The van der Waals surface area contributed by atoms with Gasteiger partial charge in [0.1, 0.15) is 77.8 Å². The van der Waals surface area contributed by atoms with Crippen LogP contribution in [0.25, 0.3) is 0 Å². The monoisotopic (exact) mass is 1370 g/mol. The van der Waals surface area contributed by atoms with Crippen molar-refractivity contribution in [3.63, 3.8) is 0 Å². The molecule has 96 heavy (non-hydrogen) atoms. The van der Waals surface area contributed by atoms with Gasteiger partial charge in [0.15, 0.2) is 43.5 Å². The van der Waals surface area contributed by atoms with Crippen molar-refractivity contribution in [3.8, 4) is 0 Å². The summed E-state index contributed by atoms with van der Waals surface area (Å²) in [4.78, 5) is 27.0. The molecule has 9 fully saturated rings. The van der Waals surface area contributed by atoms with E-state index in [0.717, 1.165) is 11.1 Å². The zero-order valence-electron chi connectivity index (χ0n) is 58.9. The Balaban J connectivity index is 0.701. The van der Waals surface area contributed by atoms with Gasteiger partial charge >= 0.3 is 5.97 Å². The maximum atomic E-state index is 13.6. The van der Waals surface area contributed by atoms with Crippen LogP contribution in [-0.2, 0) is 94.9 Å². The third-order valence-corrected chi connectivity index (χ3v) is 24.0. The van der Waals surface area contributed by atoms with Crippen LogP contribution in [0.5, 0.6) is 0 Å². The molecule has 6 aliphatic heterocycles. The van der Waals surface area contributed by atoms with E-state index < -0.39 is 212 Å². The summed E-state index contributed by atoms with van der Waals surface area (Å²) in [5, 5.41) is 79.2. The van der Waals surface area contributed by atoms with E-state index in [9.17, 15) is 45.3 Å². The van der Waals surface area contributed by atoms with E-state index in [2.05, 4.69) is 6.92 Å². The molecular formula is C69H112O27. The highest BCUT2D eigenvalue weighted by atomic mass is 16.8. The predicted octanol–water partition coefficient (Wildman–Crippen LogP) is 3.48. The Bertz CT molecular complexity index is 2680. The van der Waals surface area contributed by atoms with Gasteiger partial charge in [-0.3, -0.25) is 4.79 Å². The third kappa shape index (κ3) is 14.3. The smallest absolute Gasteiger partial charge is 0.330 e. The summed E-state index contributed by atoms with van der Waals surface area (Å²) in [6.45, 7) is 19.5. The largest absolute Gasteiger partial charge is 0.458 e. The standard InChI is InChI=1S/C69H112O27/c1-32(2)33(3)23-50(72)91-49-30-48-65(10)19-18-41(24-40(65)17-20-68(48,77)69(78)22-21-67(76,39(9)71)66(49,69)11)89-51-25-42(79-12)59(34(4)84-51)92-52-26-43(80-13)60(35(5)85-52)93-53-27-44(81-14)61(36(6)86-53)94-54-28-45(82-15)62(37(7)87-54)95-55-29-46(83-16)63(38(8)88-55)96-64-58(75)57(74)56(73)47(31-70)90-64/h17,23,32,34-38,41-49,51-64,70,73-78H,18-22,24-31H2,1-16H3/b33-23+/t34-,35-,36-,37-,38+,41+,42+,43+,44-,45+,46+,47-,48-,49-,51+,52+,53+,54+,55-,56-,57+,58-,59-,60-,61-,62-,63+,64+,65+,66-,67-,68+,69-/m1/s1. The van der Waals surface area contributed by atoms with Crippen LogP contribution < -0.4 is 0 Å². The molecule has 0 bridgehead atoms. The van der Waals surface area contributed by atoms with Crippen LogP contribution in [0.15, 0.2) is 23.3 Å². The highest BCUT2D eigenvalue weighted by Gasteiger charge is 2.81. The summed E-state index contributed by atoms with van der Waals surface area (Å²) in [5.41, 5.74) is -6.24. The number of aliphatic hydroxyl groups excluding tert-OH is 4. The molecule has 10 aliphatic rings. The van der Waals surface area contributed by atoms with Gasteiger partial charge in [0.25, 0.3) is 0 Å². The number of hydrogen-bond donors (Lipinski definition) is 7. The van der Waals surface area contributed by atoms with Crippen molar-refractivity contribution in [1.82, 2.24) is 0 Å². The van der Waals surface area contributed by atoms with Crippen LogP contribution in [0.3, 0.4) is 0 Å². The van der Waals surface area contributed by atoms with Gasteiger partial charge in [0.2, 0.25) is 0 Å². The molecule has 33 atom stereocenters. The number of carbonyl (C=O) groups is 2. The van der Waals surface area contributed by atoms with Crippen LogP contribution in [0.2, 0.25) is 0 Å². The third-order valence-electron chi connectivity index (χ3n) is 24.0. The second-order valence-corrected chi connectivity index (χ2v) is 29.6. The van der Waals surface area contributed by atoms with Crippen LogP contribution >= 0.6 is 0 Å². The molecule has 0 radical (unpaired) electrons. The van der Waals surface area contributed by atoms with Gasteiger partial charge in [0.05, 0.1) is 79.2 Å². The molecule has 27 nitrogen and oxygen atoms in total.